The first kappa shape index (κ1) is 17.5. The predicted octanol–water partition coefficient (Wildman–Crippen LogP) is 3.77. The fourth-order valence-electron chi connectivity index (χ4n) is 2.51. The van der Waals surface area contributed by atoms with Gasteiger partial charge in [0.1, 0.15) is 11.5 Å². The molecule has 2 aromatic carbocycles. The first-order valence-electron chi connectivity index (χ1n) is 7.55. The topological polar surface area (TPSA) is 57.1 Å². The van der Waals surface area contributed by atoms with E-state index in [1.165, 1.54) is 6.92 Å². The second-order valence-corrected chi connectivity index (χ2v) is 5.30. The molecule has 24 heavy (non-hydrogen) atoms. The van der Waals surface area contributed by atoms with Crippen molar-refractivity contribution in [3.63, 3.8) is 0 Å². The number of hydrogen-bond donors (Lipinski definition) is 0. The van der Waals surface area contributed by atoms with Crippen molar-refractivity contribution >= 4 is 11.7 Å². The highest BCUT2D eigenvalue weighted by Crippen LogP contribution is 2.30. The van der Waals surface area contributed by atoms with Gasteiger partial charge >= 0.3 is 5.97 Å². The number of methoxy groups -OCH3 is 2. The van der Waals surface area contributed by atoms with Crippen molar-refractivity contribution in [3.05, 3.63) is 59.7 Å². The second kappa shape index (κ2) is 8.15. The Balaban J connectivity index is 2.51. The van der Waals surface area contributed by atoms with Crippen LogP contribution in [-0.4, -0.2) is 25.9 Å². The van der Waals surface area contributed by atoms with E-state index in [-0.39, 0.29) is 5.92 Å². The molecule has 0 bridgehead atoms. The van der Waals surface area contributed by atoms with Gasteiger partial charge in [-0.1, -0.05) is 29.4 Å². The summed E-state index contributed by atoms with van der Waals surface area (Å²) < 4.78 is 10.6. The van der Waals surface area contributed by atoms with Gasteiger partial charge in [0, 0.05) is 6.92 Å². The lowest BCUT2D eigenvalue weighted by Gasteiger charge is -2.19. The standard InChI is InChI=1S/C19H21NO4/c1-13(20-24-14(2)21)19(15-7-5-9-17(11-15)22-3)16-8-6-10-18(12-16)23-4/h5-12,19H,1-4H3/b20-13+. The molecule has 2 aromatic rings. The third-order valence-corrected chi connectivity index (χ3v) is 3.59. The van der Waals surface area contributed by atoms with Gasteiger partial charge in [-0.25, -0.2) is 4.79 Å². The molecule has 0 spiro atoms. The molecular weight excluding hydrogens is 306 g/mol. The summed E-state index contributed by atoms with van der Waals surface area (Å²) in [5, 5.41) is 3.97. The van der Waals surface area contributed by atoms with Crippen LogP contribution in [0.3, 0.4) is 0 Å². The lowest BCUT2D eigenvalue weighted by molar-refractivity contribution is -0.140. The van der Waals surface area contributed by atoms with Crippen LogP contribution in [0, 0.1) is 0 Å². The number of carbonyl (C=O) groups excluding carboxylic acids is 1. The summed E-state index contributed by atoms with van der Waals surface area (Å²) in [7, 11) is 3.25. The van der Waals surface area contributed by atoms with Crippen LogP contribution in [0.2, 0.25) is 0 Å². The molecule has 0 saturated carbocycles. The number of carbonyl (C=O) groups is 1. The molecule has 0 fully saturated rings. The van der Waals surface area contributed by atoms with Crippen LogP contribution < -0.4 is 9.47 Å². The quantitative estimate of drug-likeness (QED) is 0.460. The highest BCUT2D eigenvalue weighted by atomic mass is 16.7. The Hall–Kier alpha value is -2.82. The van der Waals surface area contributed by atoms with E-state index in [1.54, 1.807) is 14.2 Å². The fourth-order valence-corrected chi connectivity index (χ4v) is 2.51. The lowest BCUT2D eigenvalue weighted by atomic mass is 9.87. The van der Waals surface area contributed by atoms with Gasteiger partial charge in [0.2, 0.25) is 0 Å². The Kier molecular flexibility index (Phi) is 5.95. The summed E-state index contributed by atoms with van der Waals surface area (Å²) in [6, 6.07) is 15.4. The first-order valence-corrected chi connectivity index (χ1v) is 7.55. The van der Waals surface area contributed by atoms with E-state index >= 15 is 0 Å². The molecule has 0 aliphatic carbocycles. The average molecular weight is 327 g/mol. The largest absolute Gasteiger partial charge is 0.497 e. The van der Waals surface area contributed by atoms with Crippen LogP contribution in [0.5, 0.6) is 11.5 Å². The van der Waals surface area contributed by atoms with Crippen molar-refractivity contribution in [2.45, 2.75) is 19.8 Å². The van der Waals surface area contributed by atoms with Gasteiger partial charge in [-0.3, -0.25) is 0 Å². The van der Waals surface area contributed by atoms with Gasteiger partial charge in [-0.15, -0.1) is 0 Å². The Morgan fingerprint density at radius 2 is 1.42 bits per heavy atom. The Morgan fingerprint density at radius 3 is 1.83 bits per heavy atom. The molecule has 0 unspecified atom stereocenters. The molecular formula is C19H21NO4. The van der Waals surface area contributed by atoms with Gasteiger partial charge in [0.05, 0.1) is 25.8 Å². The molecule has 2 rings (SSSR count). The summed E-state index contributed by atoms with van der Waals surface area (Å²) in [5.74, 6) is 0.861. The van der Waals surface area contributed by atoms with Crippen LogP contribution in [0.4, 0.5) is 0 Å². The normalized spacial score (nSPS) is 11.3. The van der Waals surface area contributed by atoms with Crippen molar-refractivity contribution in [1.82, 2.24) is 0 Å². The van der Waals surface area contributed by atoms with Crippen molar-refractivity contribution in [2.24, 2.45) is 5.16 Å². The van der Waals surface area contributed by atoms with Crippen molar-refractivity contribution in [2.75, 3.05) is 14.2 Å². The average Bonchev–Trinajstić information content (AvgIpc) is 2.60. The summed E-state index contributed by atoms with van der Waals surface area (Å²) >= 11 is 0. The summed E-state index contributed by atoms with van der Waals surface area (Å²) in [6.07, 6.45) is 0. The van der Waals surface area contributed by atoms with Crippen LogP contribution in [0.25, 0.3) is 0 Å². The van der Waals surface area contributed by atoms with E-state index in [0.29, 0.717) is 5.71 Å². The van der Waals surface area contributed by atoms with Crippen molar-refractivity contribution in [1.29, 1.82) is 0 Å². The fraction of sp³-hybridized carbons (Fsp3) is 0.263. The monoisotopic (exact) mass is 327 g/mol. The van der Waals surface area contributed by atoms with Crippen LogP contribution in [-0.2, 0) is 9.63 Å². The zero-order chi connectivity index (χ0) is 17.5. The third kappa shape index (κ3) is 4.35. The number of benzene rings is 2. The summed E-state index contributed by atoms with van der Waals surface area (Å²) in [5.41, 5.74) is 2.62. The number of nitrogens with zero attached hydrogens (tertiary/aromatic N) is 1. The van der Waals surface area contributed by atoms with E-state index < -0.39 is 5.97 Å². The minimum atomic E-state index is -0.454. The Labute approximate surface area is 141 Å². The van der Waals surface area contributed by atoms with Gasteiger partial charge in [-0.05, 0) is 42.3 Å². The number of ether oxygens (including phenoxy) is 2. The highest BCUT2D eigenvalue weighted by Gasteiger charge is 2.20. The Bertz CT molecular complexity index is 692. The summed E-state index contributed by atoms with van der Waals surface area (Å²) in [6.45, 7) is 3.15. The minimum absolute atomic E-state index is 0.186. The van der Waals surface area contributed by atoms with Crippen LogP contribution in [0.1, 0.15) is 30.9 Å². The minimum Gasteiger partial charge on any atom is -0.497 e. The first-order chi connectivity index (χ1) is 11.5. The van der Waals surface area contributed by atoms with Crippen LogP contribution in [0.15, 0.2) is 53.7 Å². The number of hydrogen-bond acceptors (Lipinski definition) is 5. The molecule has 0 aliphatic rings. The highest BCUT2D eigenvalue weighted by molar-refractivity contribution is 5.92. The zero-order valence-electron chi connectivity index (χ0n) is 14.3. The Morgan fingerprint density at radius 1 is 0.917 bits per heavy atom. The van der Waals surface area contributed by atoms with Gasteiger partial charge in [0.15, 0.2) is 0 Å². The molecule has 126 valence electrons. The van der Waals surface area contributed by atoms with Crippen LogP contribution >= 0.6 is 0 Å². The van der Waals surface area contributed by atoms with E-state index in [0.717, 1.165) is 22.6 Å². The van der Waals surface area contributed by atoms with E-state index in [1.807, 2.05) is 55.5 Å². The van der Waals surface area contributed by atoms with Gasteiger partial charge in [-0.2, -0.15) is 0 Å². The molecule has 0 radical (unpaired) electrons. The van der Waals surface area contributed by atoms with Crippen molar-refractivity contribution < 1.29 is 19.1 Å². The van der Waals surface area contributed by atoms with E-state index in [4.69, 9.17) is 14.3 Å². The maximum absolute atomic E-state index is 11.1. The molecule has 0 amide bonds. The maximum Gasteiger partial charge on any atom is 0.331 e. The maximum atomic E-state index is 11.1. The van der Waals surface area contributed by atoms with E-state index in [2.05, 4.69) is 5.16 Å². The second-order valence-electron chi connectivity index (χ2n) is 5.30. The molecule has 5 nitrogen and oxygen atoms in total. The van der Waals surface area contributed by atoms with Gasteiger partial charge in [0.25, 0.3) is 0 Å². The lowest BCUT2D eigenvalue weighted by Crippen LogP contribution is -2.12. The van der Waals surface area contributed by atoms with Crippen molar-refractivity contribution in [3.8, 4) is 11.5 Å². The third-order valence-electron chi connectivity index (χ3n) is 3.59. The molecule has 0 atom stereocenters. The number of oxime groups is 1. The molecule has 0 saturated heterocycles. The molecule has 0 N–H and O–H groups in total. The van der Waals surface area contributed by atoms with Gasteiger partial charge < -0.3 is 14.3 Å². The molecule has 0 heterocycles. The zero-order valence-corrected chi connectivity index (χ0v) is 14.3. The SMILES string of the molecule is COc1cccc(C(/C(C)=N/OC(C)=O)c2cccc(OC)c2)c1. The molecule has 0 aromatic heterocycles. The smallest absolute Gasteiger partial charge is 0.331 e. The van der Waals surface area contributed by atoms with E-state index in [9.17, 15) is 4.79 Å². The predicted molar refractivity (Wildman–Crippen MR) is 92.7 cm³/mol. The number of rotatable bonds is 6. The molecule has 5 heteroatoms. The molecule has 0 aliphatic heterocycles. The summed E-state index contributed by atoms with van der Waals surface area (Å²) in [4.78, 5) is 15.9.